The molecule has 2 N–H and O–H groups in total. The van der Waals surface area contributed by atoms with Gasteiger partial charge in [-0.05, 0) is 55.6 Å². The zero-order valence-corrected chi connectivity index (χ0v) is 17.8. The first-order valence-electron chi connectivity index (χ1n) is 10.0. The van der Waals surface area contributed by atoms with Crippen molar-refractivity contribution in [1.29, 1.82) is 0 Å². The lowest BCUT2D eigenvalue weighted by Crippen LogP contribution is -2.32. The van der Waals surface area contributed by atoms with Gasteiger partial charge in [0.25, 0.3) is 5.91 Å². The molecule has 30 heavy (non-hydrogen) atoms. The molecular formula is C23H27ClN4O2. The number of hydrogen-bond donors (Lipinski definition) is 2. The highest BCUT2D eigenvalue weighted by atomic mass is 35.5. The van der Waals surface area contributed by atoms with Gasteiger partial charge in [0.1, 0.15) is 12.4 Å². The van der Waals surface area contributed by atoms with Crippen molar-refractivity contribution in [3.63, 3.8) is 0 Å². The molecule has 1 saturated heterocycles. The van der Waals surface area contributed by atoms with Crippen LogP contribution in [0.2, 0.25) is 0 Å². The first kappa shape index (κ1) is 21.9. The molecule has 1 fully saturated rings. The van der Waals surface area contributed by atoms with Gasteiger partial charge < -0.3 is 15.4 Å². The summed E-state index contributed by atoms with van der Waals surface area (Å²) >= 11 is 0. The summed E-state index contributed by atoms with van der Waals surface area (Å²) in [5, 5.41) is 10.8. The number of carbonyl (C=O) groups is 1. The number of hydrogen-bond acceptors (Lipinski definition) is 4. The average Bonchev–Trinajstić information content (AvgIpc) is 3.25. The normalized spacial score (nSPS) is 15.8. The fraction of sp³-hybridized carbons (Fsp3) is 0.304. The van der Waals surface area contributed by atoms with E-state index in [0.717, 1.165) is 31.5 Å². The van der Waals surface area contributed by atoms with Gasteiger partial charge in [-0.3, -0.25) is 9.48 Å². The van der Waals surface area contributed by atoms with E-state index in [1.165, 1.54) is 5.56 Å². The highest BCUT2D eigenvalue weighted by molar-refractivity contribution is 6.02. The van der Waals surface area contributed by atoms with Crippen molar-refractivity contribution in [2.24, 2.45) is 0 Å². The molecule has 2 aromatic carbocycles. The van der Waals surface area contributed by atoms with Crippen molar-refractivity contribution in [2.75, 3.05) is 18.4 Å². The molecule has 158 valence electrons. The van der Waals surface area contributed by atoms with Crippen LogP contribution in [0.5, 0.6) is 5.75 Å². The van der Waals surface area contributed by atoms with Crippen LogP contribution in [-0.4, -0.2) is 28.8 Å². The lowest BCUT2D eigenvalue weighted by atomic mass is 10.1. The second-order valence-corrected chi connectivity index (χ2v) is 7.38. The molecule has 0 bridgehead atoms. The van der Waals surface area contributed by atoms with E-state index in [2.05, 4.69) is 34.8 Å². The van der Waals surface area contributed by atoms with Crippen LogP contribution in [0.1, 0.15) is 40.5 Å². The lowest BCUT2D eigenvalue weighted by Gasteiger charge is -2.22. The topological polar surface area (TPSA) is 68.2 Å². The van der Waals surface area contributed by atoms with Gasteiger partial charge in [-0.2, -0.15) is 5.10 Å². The average molecular weight is 427 g/mol. The molecule has 1 atom stereocenters. The van der Waals surface area contributed by atoms with Gasteiger partial charge in [-0.25, -0.2) is 0 Å². The number of aromatic nitrogens is 2. The Bertz CT molecular complexity index is 983. The van der Waals surface area contributed by atoms with E-state index in [0.29, 0.717) is 29.8 Å². The highest BCUT2D eigenvalue weighted by Gasteiger charge is 2.17. The Balaban J connectivity index is 0.00000256. The third-order valence-electron chi connectivity index (χ3n) is 5.23. The zero-order valence-electron chi connectivity index (χ0n) is 17.0. The summed E-state index contributed by atoms with van der Waals surface area (Å²) in [5.41, 5.74) is 3.44. The Morgan fingerprint density at radius 2 is 2.10 bits per heavy atom. The molecule has 0 saturated carbocycles. The van der Waals surface area contributed by atoms with Crippen LogP contribution >= 0.6 is 12.4 Å². The van der Waals surface area contributed by atoms with Crippen molar-refractivity contribution in [3.05, 3.63) is 77.6 Å². The largest absolute Gasteiger partial charge is 0.489 e. The Labute approximate surface area is 183 Å². The second kappa shape index (κ2) is 10.3. The number of benzene rings is 2. The minimum atomic E-state index is -0.219. The number of amides is 1. The van der Waals surface area contributed by atoms with E-state index >= 15 is 0 Å². The van der Waals surface area contributed by atoms with Gasteiger partial charge in [0.2, 0.25) is 0 Å². The summed E-state index contributed by atoms with van der Waals surface area (Å²) in [5.74, 6) is 0.494. The number of halogens is 1. The monoisotopic (exact) mass is 426 g/mol. The molecule has 0 radical (unpaired) electrons. The van der Waals surface area contributed by atoms with Crippen LogP contribution < -0.4 is 15.4 Å². The third kappa shape index (κ3) is 5.40. The second-order valence-electron chi connectivity index (χ2n) is 7.38. The van der Waals surface area contributed by atoms with E-state index in [1.807, 2.05) is 47.3 Å². The Morgan fingerprint density at radius 1 is 1.23 bits per heavy atom. The smallest absolute Gasteiger partial charge is 0.276 e. The van der Waals surface area contributed by atoms with Crippen LogP contribution in [-0.2, 0) is 6.61 Å². The highest BCUT2D eigenvalue weighted by Crippen LogP contribution is 2.21. The summed E-state index contributed by atoms with van der Waals surface area (Å²) in [4.78, 5) is 12.6. The number of aryl methyl sites for hydroxylation is 1. The number of anilines is 1. The van der Waals surface area contributed by atoms with Gasteiger partial charge >= 0.3 is 0 Å². The number of nitrogens with zero attached hydrogens (tertiary/aromatic N) is 2. The van der Waals surface area contributed by atoms with Crippen molar-refractivity contribution in [1.82, 2.24) is 15.1 Å². The first-order valence-corrected chi connectivity index (χ1v) is 10.0. The van der Waals surface area contributed by atoms with Gasteiger partial charge in [0.05, 0.1) is 6.04 Å². The number of piperidine rings is 1. The molecule has 1 amide bonds. The lowest BCUT2D eigenvalue weighted by molar-refractivity contribution is 0.102. The van der Waals surface area contributed by atoms with E-state index < -0.39 is 0 Å². The number of carbonyl (C=O) groups excluding carboxylic acids is 1. The standard InChI is InChI=1S/C23H26N4O2.ClH/c1-17-6-2-3-7-18(17)16-29-21-10-4-8-19(14-21)25-23(28)22-11-13-27(26-22)20-9-5-12-24-15-20;/h2-4,6-8,10-11,13-14,20,24H,5,9,12,15-16H2,1H3,(H,25,28);1H. The number of nitrogens with one attached hydrogen (secondary N) is 2. The van der Waals surface area contributed by atoms with Crippen molar-refractivity contribution in [2.45, 2.75) is 32.4 Å². The molecular weight excluding hydrogens is 400 g/mol. The maximum Gasteiger partial charge on any atom is 0.276 e. The van der Waals surface area contributed by atoms with E-state index in [9.17, 15) is 4.79 Å². The molecule has 1 aromatic heterocycles. The molecule has 1 aliphatic rings. The molecule has 0 spiro atoms. The van der Waals surface area contributed by atoms with Crippen LogP contribution in [0.4, 0.5) is 5.69 Å². The number of rotatable bonds is 6. The quantitative estimate of drug-likeness (QED) is 0.614. The predicted octanol–water partition coefficient (Wildman–Crippen LogP) is 4.37. The van der Waals surface area contributed by atoms with Gasteiger partial charge in [-0.1, -0.05) is 30.3 Å². The van der Waals surface area contributed by atoms with Gasteiger partial charge in [0, 0.05) is 24.5 Å². The van der Waals surface area contributed by atoms with Gasteiger partial charge in [0.15, 0.2) is 5.69 Å². The first-order chi connectivity index (χ1) is 14.2. The summed E-state index contributed by atoms with van der Waals surface area (Å²) in [6.45, 7) is 4.50. The van der Waals surface area contributed by atoms with Gasteiger partial charge in [-0.15, -0.1) is 12.4 Å². The van der Waals surface area contributed by atoms with E-state index in [-0.39, 0.29) is 18.3 Å². The fourth-order valence-electron chi connectivity index (χ4n) is 3.51. The molecule has 4 rings (SSSR count). The fourth-order valence-corrected chi connectivity index (χ4v) is 3.51. The molecule has 7 heteroatoms. The van der Waals surface area contributed by atoms with Crippen LogP contribution in [0.3, 0.4) is 0 Å². The Morgan fingerprint density at radius 3 is 2.90 bits per heavy atom. The third-order valence-corrected chi connectivity index (χ3v) is 5.23. The maximum atomic E-state index is 12.6. The SMILES string of the molecule is Cc1ccccc1COc1cccc(NC(=O)c2ccn(C3CCCNC3)n2)c1.Cl. The summed E-state index contributed by atoms with van der Waals surface area (Å²) in [6.07, 6.45) is 4.09. The van der Waals surface area contributed by atoms with Crippen molar-refractivity contribution in [3.8, 4) is 5.75 Å². The van der Waals surface area contributed by atoms with Crippen LogP contribution in [0.15, 0.2) is 60.8 Å². The van der Waals surface area contributed by atoms with Crippen molar-refractivity contribution >= 4 is 24.0 Å². The molecule has 1 unspecified atom stereocenters. The molecule has 6 nitrogen and oxygen atoms in total. The van der Waals surface area contributed by atoms with Crippen LogP contribution in [0.25, 0.3) is 0 Å². The molecule has 3 aromatic rings. The maximum absolute atomic E-state index is 12.6. The predicted molar refractivity (Wildman–Crippen MR) is 121 cm³/mol. The molecule has 0 aliphatic carbocycles. The Kier molecular flexibility index (Phi) is 7.49. The minimum Gasteiger partial charge on any atom is -0.489 e. The van der Waals surface area contributed by atoms with Crippen molar-refractivity contribution < 1.29 is 9.53 Å². The minimum absolute atomic E-state index is 0. The summed E-state index contributed by atoms with van der Waals surface area (Å²) in [7, 11) is 0. The zero-order chi connectivity index (χ0) is 20.1. The summed E-state index contributed by atoms with van der Waals surface area (Å²) in [6, 6.07) is 17.7. The van der Waals surface area contributed by atoms with E-state index in [4.69, 9.17) is 4.74 Å². The van der Waals surface area contributed by atoms with E-state index in [1.54, 1.807) is 6.07 Å². The Hall–Kier alpha value is -2.83. The molecule has 2 heterocycles. The van der Waals surface area contributed by atoms with Crippen LogP contribution in [0, 0.1) is 6.92 Å². The molecule has 1 aliphatic heterocycles. The number of ether oxygens (including phenoxy) is 1. The summed E-state index contributed by atoms with van der Waals surface area (Å²) < 4.78 is 7.80.